The molecule has 1 aromatic carbocycles. The number of carbonyl (C=O) groups is 1. The number of benzene rings is 1. The lowest BCUT2D eigenvalue weighted by atomic mass is 10.0. The van der Waals surface area contributed by atoms with Crippen molar-refractivity contribution in [3.05, 3.63) is 29.8 Å². The molecule has 82 valence electrons. The highest BCUT2D eigenvalue weighted by Gasteiger charge is 2.19. The van der Waals surface area contributed by atoms with E-state index in [1.165, 1.54) is 12.1 Å². The molecule has 0 bridgehead atoms. The molecule has 0 aliphatic rings. The molecule has 0 radical (unpaired) electrons. The van der Waals surface area contributed by atoms with Gasteiger partial charge in [-0.1, -0.05) is 12.1 Å². The Morgan fingerprint density at radius 1 is 1.40 bits per heavy atom. The summed E-state index contributed by atoms with van der Waals surface area (Å²) in [5.74, 6) is -1.25. The number of aliphatic carboxylic acids is 1. The van der Waals surface area contributed by atoms with Crippen molar-refractivity contribution in [2.24, 2.45) is 0 Å². The van der Waals surface area contributed by atoms with E-state index in [2.05, 4.69) is 5.73 Å². The third-order valence-electron chi connectivity index (χ3n) is 2.15. The molecule has 0 heterocycles. The van der Waals surface area contributed by atoms with Crippen molar-refractivity contribution in [2.75, 3.05) is 0 Å². The quantitative estimate of drug-likeness (QED) is 0.518. The highest BCUT2D eigenvalue weighted by molar-refractivity contribution is 5.70. The molecule has 1 rings (SSSR count). The van der Waals surface area contributed by atoms with Crippen LogP contribution < -0.4 is 10.8 Å². The first-order chi connectivity index (χ1) is 7.00. The maximum absolute atomic E-state index is 10.4. The van der Waals surface area contributed by atoms with Crippen molar-refractivity contribution < 1.29 is 25.8 Å². The summed E-state index contributed by atoms with van der Waals surface area (Å²) in [6, 6.07) is 5.01. The number of phenols is 1. The molecule has 0 aliphatic heterocycles. The maximum atomic E-state index is 10.4. The average molecular weight is 211 g/mol. The lowest BCUT2D eigenvalue weighted by molar-refractivity contribution is -0.451. The van der Waals surface area contributed by atoms with Gasteiger partial charge in [0.15, 0.2) is 6.04 Å². The van der Waals surface area contributed by atoms with Gasteiger partial charge in [0.1, 0.15) is 17.8 Å². The van der Waals surface area contributed by atoms with Crippen molar-refractivity contribution >= 4 is 5.97 Å². The summed E-state index contributed by atoms with van der Waals surface area (Å²) in [6.07, 6.45) is -0.915. The van der Waals surface area contributed by atoms with Crippen LogP contribution in [-0.2, 0) is 11.2 Å². The second kappa shape index (κ2) is 4.77. The molecule has 5 nitrogen and oxygen atoms in total. The first-order valence-corrected chi connectivity index (χ1v) is 4.50. The third kappa shape index (κ3) is 3.23. The fourth-order valence-corrected chi connectivity index (χ4v) is 1.17. The van der Waals surface area contributed by atoms with Crippen LogP contribution in [-0.4, -0.2) is 28.3 Å². The van der Waals surface area contributed by atoms with Gasteiger partial charge in [0.2, 0.25) is 0 Å². The summed E-state index contributed by atoms with van der Waals surface area (Å²) in [4.78, 5) is 10.4. The Kier molecular flexibility index (Phi) is 3.65. The van der Waals surface area contributed by atoms with Crippen LogP contribution in [0, 0.1) is 0 Å². The van der Waals surface area contributed by atoms with Crippen LogP contribution in [0.3, 0.4) is 0 Å². The van der Waals surface area contributed by atoms with Crippen LogP contribution in [0.15, 0.2) is 24.3 Å². The zero-order chi connectivity index (χ0) is 11.4. The van der Waals surface area contributed by atoms with Crippen molar-refractivity contribution in [1.29, 1.82) is 0 Å². The normalized spacial score (nSPS) is 14.5. The van der Waals surface area contributed by atoms with Crippen LogP contribution in [0.1, 0.15) is 5.56 Å². The Morgan fingerprint density at radius 3 is 2.40 bits per heavy atom. The van der Waals surface area contributed by atoms with Crippen LogP contribution in [0.5, 0.6) is 5.75 Å². The highest BCUT2D eigenvalue weighted by atomic mass is 16.4. The van der Waals surface area contributed by atoms with Gasteiger partial charge in [0.25, 0.3) is 0 Å². The molecule has 5 N–H and O–H groups in total. The number of aliphatic hydroxyl groups excluding tert-OH is 1. The number of rotatable bonds is 4. The molecule has 15 heavy (non-hydrogen) atoms. The first-order valence-electron chi connectivity index (χ1n) is 4.50. The molecular weight excluding hydrogens is 198 g/mol. The minimum Gasteiger partial charge on any atom is -0.544 e. The summed E-state index contributed by atoms with van der Waals surface area (Å²) >= 11 is 0. The molecule has 2 atom stereocenters. The first kappa shape index (κ1) is 11.5. The summed E-state index contributed by atoms with van der Waals surface area (Å²) in [5.41, 5.74) is 4.02. The lowest BCUT2D eigenvalue weighted by Gasteiger charge is -2.16. The number of hydrogen-bond donors (Lipinski definition) is 3. The van der Waals surface area contributed by atoms with Crippen molar-refractivity contribution in [3.8, 4) is 5.75 Å². The number of aliphatic hydroxyl groups is 1. The number of carbonyl (C=O) groups excluding carboxylic acids is 1. The largest absolute Gasteiger partial charge is 0.544 e. The van der Waals surface area contributed by atoms with E-state index in [0.29, 0.717) is 0 Å². The number of phenolic OH excluding ortho intramolecular Hbond substituents is 1. The summed E-state index contributed by atoms with van der Waals surface area (Å²) in [5, 5.41) is 28.9. The molecule has 0 aliphatic carbocycles. The fraction of sp³-hybridized carbons (Fsp3) is 0.300. The van der Waals surface area contributed by atoms with E-state index in [-0.39, 0.29) is 12.2 Å². The zero-order valence-electron chi connectivity index (χ0n) is 8.09. The summed E-state index contributed by atoms with van der Waals surface area (Å²) < 4.78 is 0. The van der Waals surface area contributed by atoms with Gasteiger partial charge in [-0.3, -0.25) is 0 Å². The number of carboxylic acids is 1. The lowest BCUT2D eigenvalue weighted by Crippen LogP contribution is -2.73. The number of hydrogen-bond acceptors (Lipinski definition) is 4. The van der Waals surface area contributed by atoms with Gasteiger partial charge in [0.05, 0.1) is 0 Å². The van der Waals surface area contributed by atoms with Crippen LogP contribution >= 0.6 is 0 Å². The van der Waals surface area contributed by atoms with Crippen molar-refractivity contribution in [2.45, 2.75) is 18.6 Å². The van der Waals surface area contributed by atoms with Crippen molar-refractivity contribution in [3.63, 3.8) is 0 Å². The smallest absolute Gasteiger partial charge is 0.151 e. The topological polar surface area (TPSA) is 108 Å². The van der Waals surface area contributed by atoms with Crippen LogP contribution in [0.4, 0.5) is 0 Å². The van der Waals surface area contributed by atoms with Gasteiger partial charge in [-0.05, 0) is 17.7 Å². The Balaban J connectivity index is 2.62. The molecule has 5 heteroatoms. The van der Waals surface area contributed by atoms with E-state index < -0.39 is 18.1 Å². The fourth-order valence-electron chi connectivity index (χ4n) is 1.17. The van der Waals surface area contributed by atoms with Gasteiger partial charge in [-0.15, -0.1) is 0 Å². The molecular formula is C10H13NO4. The molecule has 0 saturated carbocycles. The van der Waals surface area contributed by atoms with Gasteiger partial charge in [-0.25, -0.2) is 0 Å². The van der Waals surface area contributed by atoms with Crippen molar-refractivity contribution in [1.82, 2.24) is 0 Å². The van der Waals surface area contributed by atoms with Gasteiger partial charge in [-0.2, -0.15) is 0 Å². The predicted molar refractivity (Wildman–Crippen MR) is 49.5 cm³/mol. The summed E-state index contributed by atoms with van der Waals surface area (Å²) in [7, 11) is 0. The van der Waals surface area contributed by atoms with E-state index in [0.717, 1.165) is 5.56 Å². The Bertz CT molecular complexity index is 336. The van der Waals surface area contributed by atoms with Gasteiger partial charge in [0, 0.05) is 6.42 Å². The number of quaternary nitrogens is 1. The maximum Gasteiger partial charge on any atom is 0.151 e. The Morgan fingerprint density at radius 2 is 1.93 bits per heavy atom. The number of aromatic hydroxyl groups is 1. The van der Waals surface area contributed by atoms with E-state index >= 15 is 0 Å². The Labute approximate surface area is 86.8 Å². The molecule has 0 saturated heterocycles. The summed E-state index contributed by atoms with van der Waals surface area (Å²) in [6.45, 7) is 0. The average Bonchev–Trinajstić information content (AvgIpc) is 2.20. The van der Waals surface area contributed by atoms with E-state index in [1.807, 2.05) is 0 Å². The molecule has 0 aromatic heterocycles. The van der Waals surface area contributed by atoms with Gasteiger partial charge < -0.3 is 25.8 Å². The zero-order valence-corrected chi connectivity index (χ0v) is 8.09. The third-order valence-corrected chi connectivity index (χ3v) is 2.15. The monoisotopic (exact) mass is 211 g/mol. The highest BCUT2D eigenvalue weighted by Crippen LogP contribution is 2.11. The standard InChI is InChI=1S/C10H13NO4/c11-9(10(14)15)8(13)5-6-1-3-7(12)4-2-6/h1-4,8-9,12-13H,5,11H2,(H,14,15)/t8-,9-/m0/s1. The predicted octanol–water partition coefficient (Wildman–Crippen LogP) is -2.34. The van der Waals surface area contributed by atoms with E-state index in [4.69, 9.17) is 5.11 Å². The van der Waals surface area contributed by atoms with E-state index in [1.54, 1.807) is 12.1 Å². The molecule has 0 spiro atoms. The Hall–Kier alpha value is -1.59. The molecule has 0 unspecified atom stereocenters. The minimum absolute atomic E-state index is 0.124. The van der Waals surface area contributed by atoms with Crippen LogP contribution in [0.25, 0.3) is 0 Å². The molecule has 0 fully saturated rings. The van der Waals surface area contributed by atoms with Gasteiger partial charge >= 0.3 is 0 Å². The van der Waals surface area contributed by atoms with E-state index in [9.17, 15) is 15.0 Å². The second-order valence-electron chi connectivity index (χ2n) is 3.36. The molecule has 0 amide bonds. The number of carboxylic acid groups (broad SMARTS) is 1. The van der Waals surface area contributed by atoms with Crippen LogP contribution in [0.2, 0.25) is 0 Å². The minimum atomic E-state index is -1.37. The molecule has 1 aromatic rings. The SMILES string of the molecule is [NH3+][C@H](C(=O)[O-])[C@@H](O)Cc1ccc(O)cc1. The second-order valence-corrected chi connectivity index (χ2v) is 3.36.